The van der Waals surface area contributed by atoms with Gasteiger partial charge in [0.05, 0.1) is 5.56 Å². The van der Waals surface area contributed by atoms with Crippen LogP contribution in [0.4, 0.5) is 8.78 Å². The molecule has 0 aliphatic carbocycles. The van der Waals surface area contributed by atoms with Gasteiger partial charge in [-0.2, -0.15) is 5.26 Å². The fourth-order valence-electron chi connectivity index (χ4n) is 4.14. The highest BCUT2D eigenvalue weighted by molar-refractivity contribution is 5.87. The van der Waals surface area contributed by atoms with E-state index in [1.807, 2.05) is 36.7 Å². The van der Waals surface area contributed by atoms with E-state index in [1.165, 1.54) is 31.4 Å². The highest BCUT2D eigenvalue weighted by Crippen LogP contribution is 2.27. The zero-order valence-corrected chi connectivity index (χ0v) is 19.3. The Morgan fingerprint density at radius 1 is 0.824 bits per heavy atom. The number of benzene rings is 3. The van der Waals surface area contributed by atoms with Crippen molar-refractivity contribution in [2.45, 2.75) is 51.9 Å². The lowest BCUT2D eigenvalue weighted by Gasteiger charge is -2.09. The summed E-state index contributed by atoms with van der Waals surface area (Å²) in [6.45, 7) is 2.20. The van der Waals surface area contributed by atoms with E-state index in [0.29, 0.717) is 29.6 Å². The lowest BCUT2D eigenvalue weighted by atomic mass is 9.98. The van der Waals surface area contributed by atoms with Gasteiger partial charge in [-0.05, 0) is 66.0 Å². The standard InChI is InChI=1S/C29H27F2N3/c1-2-3-4-5-6-21-18-33-29(34-19-21)24-13-14-26-23(16-24)12-11-22(28(26)31)9-7-20-8-10-25(17-32)27(30)15-20/h8,10-16,18-19H,2-7,9H2,1H3. The van der Waals surface area contributed by atoms with Crippen molar-refractivity contribution in [1.82, 2.24) is 9.97 Å². The Bertz CT molecular complexity index is 1320. The van der Waals surface area contributed by atoms with Gasteiger partial charge in [-0.15, -0.1) is 0 Å². The van der Waals surface area contributed by atoms with Crippen LogP contribution < -0.4 is 0 Å². The summed E-state index contributed by atoms with van der Waals surface area (Å²) in [5.41, 5.74) is 3.32. The van der Waals surface area contributed by atoms with Gasteiger partial charge in [0, 0.05) is 23.3 Å². The van der Waals surface area contributed by atoms with Gasteiger partial charge < -0.3 is 0 Å². The van der Waals surface area contributed by atoms with Crippen molar-refractivity contribution >= 4 is 10.8 Å². The van der Waals surface area contributed by atoms with Crippen LogP contribution in [0.15, 0.2) is 60.9 Å². The Hall–Kier alpha value is -3.65. The maximum Gasteiger partial charge on any atom is 0.159 e. The van der Waals surface area contributed by atoms with E-state index in [4.69, 9.17) is 5.26 Å². The molecule has 3 nitrogen and oxygen atoms in total. The Labute approximate surface area is 199 Å². The molecule has 0 unspecified atom stereocenters. The van der Waals surface area contributed by atoms with Crippen molar-refractivity contribution in [2.75, 3.05) is 0 Å². The normalized spacial score (nSPS) is 11.0. The Balaban J connectivity index is 1.47. The van der Waals surface area contributed by atoms with Crippen LogP contribution in [0.5, 0.6) is 0 Å². The minimum absolute atomic E-state index is 0.0158. The van der Waals surface area contributed by atoms with E-state index in [0.717, 1.165) is 34.9 Å². The average molecular weight is 456 g/mol. The van der Waals surface area contributed by atoms with Gasteiger partial charge in [0.1, 0.15) is 17.7 Å². The number of halogens is 2. The van der Waals surface area contributed by atoms with E-state index in [2.05, 4.69) is 16.9 Å². The zero-order chi connectivity index (χ0) is 23.9. The molecule has 0 amide bonds. The third-order valence-corrected chi connectivity index (χ3v) is 6.15. The molecule has 0 aliphatic rings. The molecule has 3 aromatic carbocycles. The molecule has 0 saturated heterocycles. The number of nitrogens with zero attached hydrogens (tertiary/aromatic N) is 3. The number of hydrogen-bond acceptors (Lipinski definition) is 3. The number of unbranched alkanes of at least 4 members (excludes halogenated alkanes) is 3. The van der Waals surface area contributed by atoms with E-state index in [-0.39, 0.29) is 11.4 Å². The fraction of sp³-hybridized carbons (Fsp3) is 0.276. The van der Waals surface area contributed by atoms with Gasteiger partial charge in [-0.3, -0.25) is 0 Å². The number of rotatable bonds is 9. The molecular weight excluding hydrogens is 428 g/mol. The van der Waals surface area contributed by atoms with Crippen LogP contribution >= 0.6 is 0 Å². The molecule has 1 heterocycles. The molecule has 0 fully saturated rings. The van der Waals surface area contributed by atoms with Crippen LogP contribution in [0.3, 0.4) is 0 Å². The van der Waals surface area contributed by atoms with Crippen LogP contribution in [0.1, 0.15) is 54.9 Å². The van der Waals surface area contributed by atoms with Crippen molar-refractivity contribution in [1.29, 1.82) is 5.26 Å². The summed E-state index contributed by atoms with van der Waals surface area (Å²) in [5.74, 6) is -0.175. The molecule has 0 bridgehead atoms. The van der Waals surface area contributed by atoms with Gasteiger partial charge in [0.25, 0.3) is 0 Å². The van der Waals surface area contributed by atoms with Crippen LogP contribution in [-0.4, -0.2) is 9.97 Å². The van der Waals surface area contributed by atoms with Gasteiger partial charge >= 0.3 is 0 Å². The van der Waals surface area contributed by atoms with E-state index in [9.17, 15) is 4.39 Å². The first kappa shape index (κ1) is 23.5. The van der Waals surface area contributed by atoms with Crippen LogP contribution in [0.25, 0.3) is 22.2 Å². The van der Waals surface area contributed by atoms with Crippen LogP contribution in [-0.2, 0) is 19.3 Å². The smallest absolute Gasteiger partial charge is 0.159 e. The molecule has 0 aliphatic heterocycles. The van der Waals surface area contributed by atoms with E-state index in [1.54, 1.807) is 18.2 Å². The first-order valence-corrected chi connectivity index (χ1v) is 11.8. The zero-order valence-electron chi connectivity index (χ0n) is 19.3. The fourth-order valence-corrected chi connectivity index (χ4v) is 4.14. The highest BCUT2D eigenvalue weighted by Gasteiger charge is 2.11. The molecule has 0 radical (unpaired) electrons. The highest BCUT2D eigenvalue weighted by atomic mass is 19.1. The van der Waals surface area contributed by atoms with Crippen molar-refractivity contribution in [3.63, 3.8) is 0 Å². The van der Waals surface area contributed by atoms with Crippen molar-refractivity contribution in [2.24, 2.45) is 0 Å². The average Bonchev–Trinajstić information content (AvgIpc) is 2.86. The summed E-state index contributed by atoms with van der Waals surface area (Å²) in [7, 11) is 0. The summed E-state index contributed by atoms with van der Waals surface area (Å²) >= 11 is 0. The summed E-state index contributed by atoms with van der Waals surface area (Å²) in [6.07, 6.45) is 10.5. The number of hydrogen-bond donors (Lipinski definition) is 0. The van der Waals surface area contributed by atoms with Crippen LogP contribution in [0.2, 0.25) is 0 Å². The second kappa shape index (κ2) is 11.0. The van der Waals surface area contributed by atoms with E-state index < -0.39 is 5.82 Å². The minimum Gasteiger partial charge on any atom is -0.236 e. The molecule has 34 heavy (non-hydrogen) atoms. The van der Waals surface area contributed by atoms with Gasteiger partial charge in [0.2, 0.25) is 0 Å². The van der Waals surface area contributed by atoms with Gasteiger partial charge in [0.15, 0.2) is 5.82 Å². The van der Waals surface area contributed by atoms with Gasteiger partial charge in [-0.1, -0.05) is 56.5 Å². The molecule has 0 N–H and O–H groups in total. The minimum atomic E-state index is -0.543. The Morgan fingerprint density at radius 3 is 2.38 bits per heavy atom. The topological polar surface area (TPSA) is 49.6 Å². The van der Waals surface area contributed by atoms with Gasteiger partial charge in [-0.25, -0.2) is 18.7 Å². The molecule has 1 aromatic heterocycles. The number of nitriles is 1. The summed E-state index contributed by atoms with van der Waals surface area (Å²) < 4.78 is 29.0. The molecule has 0 spiro atoms. The second-order valence-corrected chi connectivity index (χ2v) is 8.63. The lowest BCUT2D eigenvalue weighted by molar-refractivity contribution is 0.616. The monoisotopic (exact) mass is 455 g/mol. The first-order valence-electron chi connectivity index (χ1n) is 11.8. The van der Waals surface area contributed by atoms with Crippen molar-refractivity contribution in [3.05, 3.63) is 94.8 Å². The maximum atomic E-state index is 15.2. The third kappa shape index (κ3) is 5.46. The summed E-state index contributed by atoms with van der Waals surface area (Å²) in [4.78, 5) is 9.04. The third-order valence-electron chi connectivity index (χ3n) is 6.15. The first-order chi connectivity index (χ1) is 16.6. The predicted octanol–water partition coefficient (Wildman–Crippen LogP) is 7.35. The number of aromatic nitrogens is 2. The molecule has 0 saturated carbocycles. The summed E-state index contributed by atoms with van der Waals surface area (Å²) in [6, 6.07) is 15.5. The van der Waals surface area contributed by atoms with Crippen molar-refractivity contribution < 1.29 is 8.78 Å². The number of fused-ring (bicyclic) bond motifs is 1. The molecule has 4 aromatic rings. The lowest BCUT2D eigenvalue weighted by Crippen LogP contribution is -1.98. The van der Waals surface area contributed by atoms with Crippen molar-refractivity contribution in [3.8, 4) is 17.5 Å². The molecule has 0 atom stereocenters. The molecular formula is C29H27F2N3. The molecule has 5 heteroatoms. The maximum absolute atomic E-state index is 15.2. The molecule has 172 valence electrons. The molecule has 4 rings (SSSR count). The largest absolute Gasteiger partial charge is 0.236 e. The Kier molecular flexibility index (Phi) is 7.59. The Morgan fingerprint density at radius 2 is 1.65 bits per heavy atom. The van der Waals surface area contributed by atoms with Crippen LogP contribution in [0, 0.1) is 23.0 Å². The number of aryl methyl sites for hydroxylation is 3. The second-order valence-electron chi connectivity index (χ2n) is 8.63. The summed E-state index contributed by atoms with van der Waals surface area (Å²) in [5, 5.41) is 10.2. The quantitative estimate of drug-likeness (QED) is 0.248. The SMILES string of the molecule is CCCCCCc1cnc(-c2ccc3c(F)c(CCc4ccc(C#N)c(F)c4)ccc3c2)nc1. The van der Waals surface area contributed by atoms with E-state index >= 15 is 4.39 Å². The predicted molar refractivity (Wildman–Crippen MR) is 131 cm³/mol.